The molecule has 2 aromatic heterocycles. The number of hydrogen-bond acceptors (Lipinski definition) is 5. The lowest BCUT2D eigenvalue weighted by atomic mass is 10.2. The fourth-order valence-corrected chi connectivity index (χ4v) is 3.21. The molecule has 0 aliphatic rings. The van der Waals surface area contributed by atoms with E-state index >= 15 is 0 Å². The third-order valence-electron chi connectivity index (χ3n) is 2.51. The minimum atomic E-state index is -0.113. The zero-order valence-electron chi connectivity index (χ0n) is 10.4. The first-order chi connectivity index (χ1) is 9.24. The second kappa shape index (κ2) is 6.58. The number of nitrogens with zero attached hydrogens (tertiary/aromatic N) is 1. The zero-order chi connectivity index (χ0) is 13.7. The van der Waals surface area contributed by atoms with Crippen molar-refractivity contribution >= 4 is 44.8 Å². The van der Waals surface area contributed by atoms with Crippen molar-refractivity contribution < 1.29 is 4.79 Å². The maximum absolute atomic E-state index is 12.0. The van der Waals surface area contributed by atoms with Crippen LogP contribution in [0.5, 0.6) is 0 Å². The second-order valence-corrected chi connectivity index (χ2v) is 6.04. The Bertz CT molecular complexity index is 595. The lowest BCUT2D eigenvalue weighted by Gasteiger charge is -2.03. The first kappa shape index (κ1) is 13.9. The van der Waals surface area contributed by atoms with E-state index in [1.807, 2.05) is 12.1 Å². The minimum Gasteiger partial charge on any atom is -0.397 e. The Kier molecular flexibility index (Phi) is 4.81. The first-order valence-corrected chi connectivity index (χ1v) is 7.80. The van der Waals surface area contributed by atoms with Crippen LogP contribution in [-0.4, -0.2) is 28.9 Å². The molecule has 0 unspecified atom stereocenters. The normalized spacial score (nSPS) is 10.5. The van der Waals surface area contributed by atoms with Gasteiger partial charge in [-0.25, -0.2) is 0 Å². The third kappa shape index (κ3) is 3.27. The van der Waals surface area contributed by atoms with E-state index in [2.05, 4.69) is 16.9 Å². The molecule has 2 rings (SSSR count). The van der Waals surface area contributed by atoms with Gasteiger partial charge in [0.05, 0.1) is 10.4 Å². The molecule has 0 aliphatic carbocycles. The maximum atomic E-state index is 12.0. The molecular weight excluding hydrogens is 278 g/mol. The Balaban J connectivity index is 2.01. The number of nitrogens with one attached hydrogen (secondary N) is 1. The van der Waals surface area contributed by atoms with Gasteiger partial charge in [0.1, 0.15) is 4.88 Å². The Hall–Kier alpha value is -1.53. The molecule has 0 saturated heterocycles. The number of thioether (sulfide) groups is 1. The summed E-state index contributed by atoms with van der Waals surface area (Å²) in [6.07, 6.45) is 5.26. The molecule has 4 nitrogen and oxygen atoms in total. The molecule has 6 heteroatoms. The topological polar surface area (TPSA) is 68.0 Å². The second-order valence-electron chi connectivity index (χ2n) is 3.84. The summed E-state index contributed by atoms with van der Waals surface area (Å²) in [7, 11) is 0. The highest BCUT2D eigenvalue weighted by Crippen LogP contribution is 2.32. The number of pyridine rings is 1. The molecule has 100 valence electrons. The molecule has 3 N–H and O–H groups in total. The molecule has 2 aromatic rings. The molecule has 0 bridgehead atoms. The average molecular weight is 293 g/mol. The number of anilines is 1. The number of rotatable bonds is 6. The van der Waals surface area contributed by atoms with Crippen LogP contribution >= 0.6 is 23.1 Å². The van der Waals surface area contributed by atoms with Crippen LogP contribution in [0.4, 0.5) is 5.69 Å². The summed E-state index contributed by atoms with van der Waals surface area (Å²) in [5.41, 5.74) is 6.54. The lowest BCUT2D eigenvalue weighted by Crippen LogP contribution is -2.25. The molecule has 0 saturated carbocycles. The number of aromatic nitrogens is 1. The number of fused-ring (bicyclic) bond motifs is 1. The summed E-state index contributed by atoms with van der Waals surface area (Å²) < 4.78 is 0.936. The Morgan fingerprint density at radius 1 is 1.63 bits per heavy atom. The van der Waals surface area contributed by atoms with E-state index in [9.17, 15) is 4.79 Å². The molecule has 0 aliphatic heterocycles. The van der Waals surface area contributed by atoms with Crippen molar-refractivity contribution in [3.63, 3.8) is 0 Å². The van der Waals surface area contributed by atoms with Crippen molar-refractivity contribution in [2.24, 2.45) is 0 Å². The predicted octanol–water partition coefficient (Wildman–Crippen LogP) is 2.53. The van der Waals surface area contributed by atoms with Gasteiger partial charge >= 0.3 is 0 Å². The fourth-order valence-electron chi connectivity index (χ4n) is 1.62. The summed E-state index contributed by atoms with van der Waals surface area (Å²) in [5, 5.41) is 3.77. The average Bonchev–Trinajstić information content (AvgIpc) is 2.76. The highest BCUT2D eigenvalue weighted by Gasteiger charge is 2.15. The number of carbonyl (C=O) groups excluding carboxylic acids is 1. The molecule has 1 amide bonds. The van der Waals surface area contributed by atoms with Gasteiger partial charge in [-0.3, -0.25) is 9.78 Å². The van der Waals surface area contributed by atoms with Crippen LogP contribution in [0, 0.1) is 0 Å². The number of carbonyl (C=O) groups is 1. The predicted molar refractivity (Wildman–Crippen MR) is 83.9 cm³/mol. The van der Waals surface area contributed by atoms with Gasteiger partial charge < -0.3 is 11.1 Å². The van der Waals surface area contributed by atoms with E-state index in [1.54, 1.807) is 24.2 Å². The van der Waals surface area contributed by atoms with Crippen LogP contribution in [-0.2, 0) is 0 Å². The van der Waals surface area contributed by atoms with Gasteiger partial charge in [-0.15, -0.1) is 17.9 Å². The van der Waals surface area contributed by atoms with Crippen LogP contribution in [0.3, 0.4) is 0 Å². The van der Waals surface area contributed by atoms with Crippen LogP contribution in [0.15, 0.2) is 31.1 Å². The molecule has 0 aromatic carbocycles. The van der Waals surface area contributed by atoms with Crippen molar-refractivity contribution in [2.75, 3.05) is 23.8 Å². The number of thiophene rings is 1. The van der Waals surface area contributed by atoms with Gasteiger partial charge in [-0.05, 0) is 6.07 Å². The van der Waals surface area contributed by atoms with Crippen LogP contribution in [0.1, 0.15) is 9.67 Å². The third-order valence-corrected chi connectivity index (χ3v) is 4.62. The quantitative estimate of drug-likeness (QED) is 0.634. The summed E-state index contributed by atoms with van der Waals surface area (Å²) in [5.74, 6) is 1.65. The van der Waals surface area contributed by atoms with Crippen LogP contribution in [0.25, 0.3) is 10.1 Å². The molecule has 2 heterocycles. The zero-order valence-corrected chi connectivity index (χ0v) is 12.0. The van der Waals surface area contributed by atoms with Crippen LogP contribution < -0.4 is 11.1 Å². The van der Waals surface area contributed by atoms with Gasteiger partial charge in [0, 0.05) is 35.8 Å². The van der Waals surface area contributed by atoms with Crippen molar-refractivity contribution in [1.82, 2.24) is 10.3 Å². The van der Waals surface area contributed by atoms with E-state index < -0.39 is 0 Å². The standard InChI is InChI=1S/C13H15N3OS2/c1-2-6-18-7-5-16-13(17)12-11(14)9-3-4-15-8-10(9)19-12/h2-4,8H,1,5-7,14H2,(H,16,17). The lowest BCUT2D eigenvalue weighted by molar-refractivity contribution is 0.0961. The number of nitrogens with two attached hydrogens (primary N) is 1. The highest BCUT2D eigenvalue weighted by atomic mass is 32.2. The Morgan fingerprint density at radius 2 is 2.47 bits per heavy atom. The molecule has 19 heavy (non-hydrogen) atoms. The van der Waals surface area contributed by atoms with E-state index in [0.29, 0.717) is 17.1 Å². The van der Waals surface area contributed by atoms with E-state index in [-0.39, 0.29) is 5.91 Å². The summed E-state index contributed by atoms with van der Waals surface area (Å²) >= 11 is 3.11. The largest absolute Gasteiger partial charge is 0.397 e. The number of nitrogen functional groups attached to an aromatic ring is 1. The molecule has 0 fully saturated rings. The molecular formula is C13H15N3OS2. The van der Waals surface area contributed by atoms with Gasteiger partial charge in [0.25, 0.3) is 5.91 Å². The molecule has 0 atom stereocenters. The summed E-state index contributed by atoms with van der Waals surface area (Å²) in [6.45, 7) is 4.28. The monoisotopic (exact) mass is 293 g/mol. The van der Waals surface area contributed by atoms with Crippen molar-refractivity contribution in [3.8, 4) is 0 Å². The van der Waals surface area contributed by atoms with Gasteiger partial charge in [-0.2, -0.15) is 11.8 Å². The minimum absolute atomic E-state index is 0.113. The highest BCUT2D eigenvalue weighted by molar-refractivity contribution is 7.99. The van der Waals surface area contributed by atoms with Crippen molar-refractivity contribution in [1.29, 1.82) is 0 Å². The summed E-state index contributed by atoms with van der Waals surface area (Å²) in [6, 6.07) is 1.83. The maximum Gasteiger partial charge on any atom is 0.263 e. The number of hydrogen-bond donors (Lipinski definition) is 2. The summed E-state index contributed by atoms with van der Waals surface area (Å²) in [4.78, 5) is 16.6. The van der Waals surface area contributed by atoms with Gasteiger partial charge in [0.2, 0.25) is 0 Å². The van der Waals surface area contributed by atoms with Crippen LogP contribution in [0.2, 0.25) is 0 Å². The molecule has 0 spiro atoms. The fraction of sp³-hybridized carbons (Fsp3) is 0.231. The van der Waals surface area contributed by atoms with E-state index in [4.69, 9.17) is 5.73 Å². The SMILES string of the molecule is C=CCSCCNC(=O)c1sc2cnccc2c1N. The van der Waals surface area contributed by atoms with Crippen molar-refractivity contribution in [2.45, 2.75) is 0 Å². The Labute approximate surface area is 120 Å². The Morgan fingerprint density at radius 3 is 3.21 bits per heavy atom. The molecule has 0 radical (unpaired) electrons. The number of amides is 1. The van der Waals surface area contributed by atoms with Gasteiger partial charge in [0.15, 0.2) is 0 Å². The smallest absolute Gasteiger partial charge is 0.263 e. The van der Waals surface area contributed by atoms with E-state index in [1.165, 1.54) is 11.3 Å². The van der Waals surface area contributed by atoms with Gasteiger partial charge in [-0.1, -0.05) is 6.08 Å². The van der Waals surface area contributed by atoms with E-state index in [0.717, 1.165) is 21.6 Å². The van der Waals surface area contributed by atoms with Crippen molar-refractivity contribution in [3.05, 3.63) is 36.0 Å². The first-order valence-electron chi connectivity index (χ1n) is 5.83.